The van der Waals surface area contributed by atoms with E-state index in [2.05, 4.69) is 35.3 Å². The SMILES string of the molecule is OC1(c2cnnn2C2=NNC3C4CCCCC4n4c(cnc4Cl)N23)CC1. The number of hydrazone groups is 1. The molecule has 2 aromatic heterocycles. The molecule has 0 saturated heterocycles. The van der Waals surface area contributed by atoms with Gasteiger partial charge < -0.3 is 5.11 Å². The first kappa shape index (κ1) is 15.0. The molecule has 9 nitrogen and oxygen atoms in total. The molecule has 26 heavy (non-hydrogen) atoms. The molecule has 4 aliphatic rings. The summed E-state index contributed by atoms with van der Waals surface area (Å²) in [4.78, 5) is 6.46. The van der Waals surface area contributed by atoms with Gasteiger partial charge in [-0.15, -0.1) is 10.2 Å². The zero-order valence-corrected chi connectivity index (χ0v) is 14.8. The highest BCUT2D eigenvalue weighted by atomic mass is 35.5. The molecule has 6 rings (SSSR count). The maximum Gasteiger partial charge on any atom is 0.252 e. The number of nitrogens with zero attached hydrogens (tertiary/aromatic N) is 7. The van der Waals surface area contributed by atoms with Crippen LogP contribution in [0.4, 0.5) is 5.82 Å². The highest BCUT2D eigenvalue weighted by Crippen LogP contribution is 2.48. The van der Waals surface area contributed by atoms with Crippen LogP contribution in [0.1, 0.15) is 50.3 Å². The van der Waals surface area contributed by atoms with E-state index in [1.54, 1.807) is 17.1 Å². The van der Waals surface area contributed by atoms with Crippen LogP contribution in [0.15, 0.2) is 17.5 Å². The number of hydrogen-bond donors (Lipinski definition) is 2. The predicted molar refractivity (Wildman–Crippen MR) is 93.6 cm³/mol. The minimum Gasteiger partial charge on any atom is -0.383 e. The van der Waals surface area contributed by atoms with Crippen molar-refractivity contribution in [1.82, 2.24) is 30.0 Å². The van der Waals surface area contributed by atoms with E-state index in [0.29, 0.717) is 28.9 Å². The Morgan fingerprint density at radius 3 is 2.92 bits per heavy atom. The summed E-state index contributed by atoms with van der Waals surface area (Å²) in [5.41, 5.74) is 3.14. The van der Waals surface area contributed by atoms with Gasteiger partial charge in [0.25, 0.3) is 5.96 Å². The summed E-state index contributed by atoms with van der Waals surface area (Å²) < 4.78 is 3.78. The standard InChI is InChI=1S/C16H19ClN8O/c17-14-18-8-12-23(14)10-4-2-1-3-9(10)13-20-21-15(24(12)13)25-11(7-19-22-25)16(26)5-6-16/h7-10,13,20,26H,1-6H2. The Morgan fingerprint density at radius 1 is 1.23 bits per heavy atom. The van der Waals surface area contributed by atoms with Gasteiger partial charge in [-0.1, -0.05) is 18.1 Å². The summed E-state index contributed by atoms with van der Waals surface area (Å²) in [7, 11) is 0. The highest BCUT2D eigenvalue weighted by Gasteiger charge is 2.51. The molecule has 0 spiro atoms. The number of imidazole rings is 1. The Labute approximate surface area is 154 Å². The molecule has 2 aliphatic heterocycles. The average molecular weight is 375 g/mol. The fraction of sp³-hybridized carbons (Fsp3) is 0.625. The third kappa shape index (κ3) is 1.84. The molecule has 0 radical (unpaired) electrons. The van der Waals surface area contributed by atoms with Gasteiger partial charge in [0.05, 0.1) is 18.1 Å². The van der Waals surface area contributed by atoms with E-state index in [4.69, 9.17) is 11.6 Å². The van der Waals surface area contributed by atoms with Crippen LogP contribution >= 0.6 is 11.6 Å². The van der Waals surface area contributed by atoms with Gasteiger partial charge in [0.1, 0.15) is 17.6 Å². The van der Waals surface area contributed by atoms with Gasteiger partial charge in [0, 0.05) is 12.0 Å². The lowest BCUT2D eigenvalue weighted by atomic mass is 9.80. The molecule has 2 saturated carbocycles. The fourth-order valence-electron chi connectivity index (χ4n) is 4.76. The molecular weight excluding hydrogens is 356 g/mol. The second kappa shape index (κ2) is 4.98. The fourth-order valence-corrected chi connectivity index (χ4v) is 5.02. The van der Waals surface area contributed by atoms with Crippen LogP contribution in [0.3, 0.4) is 0 Å². The van der Waals surface area contributed by atoms with E-state index < -0.39 is 5.60 Å². The Bertz CT molecular complexity index is 915. The monoisotopic (exact) mass is 374 g/mol. The second-order valence-corrected chi connectivity index (χ2v) is 8.03. The first-order valence-electron chi connectivity index (χ1n) is 9.16. The first-order chi connectivity index (χ1) is 12.7. The normalized spacial score (nSPS) is 30.9. The van der Waals surface area contributed by atoms with Crippen molar-refractivity contribution in [2.24, 2.45) is 11.0 Å². The van der Waals surface area contributed by atoms with Gasteiger partial charge in [0.2, 0.25) is 5.28 Å². The summed E-state index contributed by atoms with van der Waals surface area (Å²) in [5, 5.41) is 23.9. The van der Waals surface area contributed by atoms with E-state index >= 15 is 0 Å². The molecule has 0 aromatic carbocycles. The number of aromatic nitrogens is 5. The molecule has 3 atom stereocenters. The molecule has 4 heterocycles. The summed E-state index contributed by atoms with van der Waals surface area (Å²) >= 11 is 6.44. The van der Waals surface area contributed by atoms with Gasteiger partial charge in [0.15, 0.2) is 0 Å². The van der Waals surface area contributed by atoms with Crippen molar-refractivity contribution < 1.29 is 5.11 Å². The predicted octanol–water partition coefficient (Wildman–Crippen LogP) is 1.41. The summed E-state index contributed by atoms with van der Waals surface area (Å²) in [6.45, 7) is 0. The highest BCUT2D eigenvalue weighted by molar-refractivity contribution is 6.28. The summed E-state index contributed by atoms with van der Waals surface area (Å²) in [6.07, 6.45) is 9.53. The summed E-state index contributed by atoms with van der Waals surface area (Å²) in [5.74, 6) is 1.92. The molecule has 2 fully saturated rings. The second-order valence-electron chi connectivity index (χ2n) is 7.69. The topological polar surface area (TPSA) is 96.4 Å². The molecule has 2 aliphatic carbocycles. The van der Waals surface area contributed by atoms with Crippen molar-refractivity contribution in [3.63, 3.8) is 0 Å². The Kier molecular flexibility index (Phi) is 2.87. The molecule has 136 valence electrons. The molecular formula is C16H19ClN8O. The number of hydrogen-bond acceptors (Lipinski definition) is 7. The first-order valence-corrected chi connectivity index (χ1v) is 9.54. The Morgan fingerprint density at radius 2 is 2.08 bits per heavy atom. The smallest absolute Gasteiger partial charge is 0.252 e. The molecule has 2 aromatic rings. The lowest BCUT2D eigenvalue weighted by molar-refractivity contribution is 0.144. The van der Waals surface area contributed by atoms with E-state index in [-0.39, 0.29) is 6.17 Å². The van der Waals surface area contributed by atoms with Gasteiger partial charge >= 0.3 is 0 Å². The van der Waals surface area contributed by atoms with Gasteiger partial charge in [-0.25, -0.2) is 4.98 Å². The Hall–Kier alpha value is -2.13. The number of halogens is 1. The molecule has 0 amide bonds. The van der Waals surface area contributed by atoms with Crippen LogP contribution in [-0.2, 0) is 5.60 Å². The largest absolute Gasteiger partial charge is 0.383 e. The van der Waals surface area contributed by atoms with Crippen molar-refractivity contribution >= 4 is 23.4 Å². The Balaban J connectivity index is 1.48. The van der Waals surface area contributed by atoms with E-state index in [0.717, 1.165) is 31.5 Å². The number of rotatable bonds is 1. The minimum absolute atomic E-state index is 0.0430. The van der Waals surface area contributed by atoms with Gasteiger partial charge in [-0.05, 0) is 37.3 Å². The third-order valence-corrected chi connectivity index (χ3v) is 6.51. The molecule has 10 heteroatoms. The summed E-state index contributed by atoms with van der Waals surface area (Å²) in [6, 6.07) is 0.333. The van der Waals surface area contributed by atoms with Gasteiger partial charge in [-0.3, -0.25) is 14.9 Å². The third-order valence-electron chi connectivity index (χ3n) is 6.23. The maximum absolute atomic E-state index is 10.6. The number of nitrogens with one attached hydrogen (secondary N) is 1. The van der Waals surface area contributed by atoms with Crippen LogP contribution in [0.25, 0.3) is 0 Å². The average Bonchev–Trinajstić information content (AvgIpc) is 3.06. The van der Waals surface area contributed by atoms with Crippen LogP contribution in [-0.4, -0.2) is 41.8 Å². The van der Waals surface area contributed by atoms with Gasteiger partial charge in [-0.2, -0.15) is 4.68 Å². The van der Waals surface area contributed by atoms with Crippen LogP contribution in [0.2, 0.25) is 5.28 Å². The van der Waals surface area contributed by atoms with Crippen molar-refractivity contribution in [2.75, 3.05) is 4.90 Å². The molecule has 2 N–H and O–H groups in total. The number of fused-ring (bicyclic) bond motifs is 6. The van der Waals surface area contributed by atoms with E-state index in [1.165, 1.54) is 12.8 Å². The lowest BCUT2D eigenvalue weighted by Gasteiger charge is -2.45. The maximum atomic E-state index is 10.6. The van der Waals surface area contributed by atoms with Crippen LogP contribution in [0.5, 0.6) is 0 Å². The van der Waals surface area contributed by atoms with Crippen molar-refractivity contribution in [3.8, 4) is 0 Å². The molecule has 3 unspecified atom stereocenters. The van der Waals surface area contributed by atoms with Crippen LogP contribution < -0.4 is 10.3 Å². The quantitative estimate of drug-likeness (QED) is 0.783. The zero-order valence-electron chi connectivity index (χ0n) is 14.1. The van der Waals surface area contributed by atoms with Crippen LogP contribution in [0, 0.1) is 5.92 Å². The zero-order chi connectivity index (χ0) is 17.5. The number of aliphatic hydroxyl groups is 1. The molecule has 0 bridgehead atoms. The van der Waals surface area contributed by atoms with E-state index in [1.807, 2.05) is 0 Å². The lowest BCUT2D eigenvalue weighted by Crippen LogP contribution is -2.55. The van der Waals surface area contributed by atoms with E-state index in [9.17, 15) is 5.11 Å². The van der Waals surface area contributed by atoms with Crippen molar-refractivity contribution in [3.05, 3.63) is 23.4 Å². The van der Waals surface area contributed by atoms with Crippen molar-refractivity contribution in [2.45, 2.75) is 56.3 Å². The number of anilines is 1. The van der Waals surface area contributed by atoms with Crippen molar-refractivity contribution in [1.29, 1.82) is 0 Å². The minimum atomic E-state index is -0.842.